The Labute approximate surface area is 208 Å². The molecular weight excluding hydrogens is 484 g/mol. The molecule has 0 fully saturated rings. The summed E-state index contributed by atoms with van der Waals surface area (Å²) in [5.41, 5.74) is 3.56. The first kappa shape index (κ1) is 23.1. The van der Waals surface area contributed by atoms with Crippen molar-refractivity contribution in [3.8, 4) is 5.75 Å². The fraction of sp³-hybridized carbons (Fsp3) is 0.200. The lowest BCUT2D eigenvalue weighted by molar-refractivity contribution is -0.122. The summed E-state index contributed by atoms with van der Waals surface area (Å²) in [6.45, 7) is 5.49. The Morgan fingerprint density at radius 2 is 1.94 bits per heavy atom. The van der Waals surface area contributed by atoms with Gasteiger partial charge in [-0.25, -0.2) is 9.97 Å². The molecular formula is C25H22N4O4S2. The summed E-state index contributed by atoms with van der Waals surface area (Å²) in [5, 5.41) is 2.91. The maximum absolute atomic E-state index is 12.6. The molecule has 0 aliphatic rings. The minimum atomic E-state index is -0.645. The summed E-state index contributed by atoms with van der Waals surface area (Å²) in [7, 11) is 0. The maximum Gasteiger partial charge on any atom is 0.287 e. The minimum absolute atomic E-state index is 0.230. The van der Waals surface area contributed by atoms with Gasteiger partial charge in [0.1, 0.15) is 11.5 Å². The fourth-order valence-electron chi connectivity index (χ4n) is 3.44. The highest BCUT2D eigenvalue weighted by Crippen LogP contribution is 2.32. The number of carbonyl (C=O) groups excluding carboxylic acids is 1. The third-order valence-electron chi connectivity index (χ3n) is 5.21. The van der Waals surface area contributed by atoms with Crippen molar-refractivity contribution in [1.29, 1.82) is 0 Å². The largest absolute Gasteiger partial charge is 0.481 e. The van der Waals surface area contributed by atoms with Crippen LogP contribution >= 0.6 is 23.1 Å². The third-order valence-corrected chi connectivity index (χ3v) is 7.40. The predicted octanol–water partition coefficient (Wildman–Crippen LogP) is 5.21. The van der Waals surface area contributed by atoms with E-state index in [1.54, 1.807) is 19.9 Å². The summed E-state index contributed by atoms with van der Waals surface area (Å²) in [6.07, 6.45) is -0.645. The molecule has 178 valence electrons. The Bertz CT molecular complexity index is 1590. The van der Waals surface area contributed by atoms with Crippen LogP contribution < -0.4 is 15.6 Å². The molecule has 1 N–H and O–H groups in total. The molecule has 1 amide bonds. The van der Waals surface area contributed by atoms with E-state index in [0.29, 0.717) is 34.3 Å². The summed E-state index contributed by atoms with van der Waals surface area (Å²) in [5.74, 6) is 1.56. The molecule has 0 saturated carbocycles. The van der Waals surface area contributed by atoms with Crippen molar-refractivity contribution in [1.82, 2.24) is 14.5 Å². The van der Waals surface area contributed by atoms with Gasteiger partial charge in [0.2, 0.25) is 0 Å². The first-order valence-corrected chi connectivity index (χ1v) is 12.7. The van der Waals surface area contributed by atoms with E-state index in [1.165, 1.54) is 33.7 Å². The molecule has 0 bridgehead atoms. The van der Waals surface area contributed by atoms with E-state index >= 15 is 0 Å². The summed E-state index contributed by atoms with van der Waals surface area (Å²) >= 11 is 3.03. The number of aryl methyl sites for hydroxylation is 2. The van der Waals surface area contributed by atoms with Crippen molar-refractivity contribution < 1.29 is 14.1 Å². The van der Waals surface area contributed by atoms with E-state index in [2.05, 4.69) is 15.3 Å². The maximum atomic E-state index is 12.6. The lowest BCUT2D eigenvalue weighted by Crippen LogP contribution is -2.30. The summed E-state index contributed by atoms with van der Waals surface area (Å²) in [6, 6.07) is 16.4. The summed E-state index contributed by atoms with van der Waals surface area (Å²) in [4.78, 5) is 34.0. The molecule has 3 aromatic heterocycles. The number of fused-ring (bicyclic) bond motifs is 2. The second-order valence-electron chi connectivity index (χ2n) is 8.10. The fourth-order valence-corrected chi connectivity index (χ4v) is 5.44. The van der Waals surface area contributed by atoms with Crippen LogP contribution in [0.4, 0.5) is 5.69 Å². The molecule has 0 spiro atoms. The number of amides is 1. The molecule has 2 aromatic carbocycles. The van der Waals surface area contributed by atoms with Gasteiger partial charge in [0, 0.05) is 23.6 Å². The molecule has 0 aliphatic carbocycles. The van der Waals surface area contributed by atoms with Crippen LogP contribution in [0.25, 0.3) is 15.9 Å². The Hall–Kier alpha value is -3.63. The molecule has 0 saturated heterocycles. The number of thiazole rings is 1. The van der Waals surface area contributed by atoms with Gasteiger partial charge in [-0.1, -0.05) is 29.5 Å². The molecule has 5 aromatic rings. The van der Waals surface area contributed by atoms with Gasteiger partial charge in [-0.15, -0.1) is 15.9 Å². The number of nitrogens with zero attached hydrogens (tertiary/aromatic N) is 3. The monoisotopic (exact) mass is 506 g/mol. The van der Waals surface area contributed by atoms with E-state index in [-0.39, 0.29) is 11.5 Å². The first-order chi connectivity index (χ1) is 16.8. The molecule has 3 heterocycles. The number of nitrogens with one attached hydrogen (secondary N) is 1. The molecule has 5 rings (SSSR count). The number of carbonyl (C=O) groups is 1. The van der Waals surface area contributed by atoms with Crippen molar-refractivity contribution >= 4 is 50.6 Å². The molecule has 0 unspecified atom stereocenters. The van der Waals surface area contributed by atoms with Gasteiger partial charge in [0.05, 0.1) is 15.9 Å². The van der Waals surface area contributed by atoms with Crippen LogP contribution in [-0.2, 0) is 10.5 Å². The molecule has 0 radical (unpaired) electrons. The molecule has 8 nitrogen and oxygen atoms in total. The van der Waals surface area contributed by atoms with Gasteiger partial charge < -0.3 is 14.6 Å². The zero-order chi connectivity index (χ0) is 24.5. The quantitative estimate of drug-likeness (QED) is 0.303. The van der Waals surface area contributed by atoms with Crippen LogP contribution in [0.1, 0.15) is 23.9 Å². The lowest BCUT2D eigenvalue weighted by atomic mass is 10.2. The number of hydrogen-bond donors (Lipinski definition) is 1. The molecule has 10 heteroatoms. The van der Waals surface area contributed by atoms with Gasteiger partial charge in [-0.3, -0.25) is 9.59 Å². The highest BCUT2D eigenvalue weighted by molar-refractivity contribution is 8.00. The third kappa shape index (κ3) is 5.23. The van der Waals surface area contributed by atoms with E-state index in [9.17, 15) is 9.59 Å². The number of rotatable bonds is 7. The number of hydrogen-bond acceptors (Lipinski definition) is 8. The van der Waals surface area contributed by atoms with Crippen molar-refractivity contribution in [2.75, 3.05) is 5.32 Å². The average molecular weight is 507 g/mol. The van der Waals surface area contributed by atoms with E-state index in [0.717, 1.165) is 20.1 Å². The van der Waals surface area contributed by atoms with Crippen molar-refractivity contribution in [3.05, 3.63) is 82.0 Å². The number of aromatic nitrogens is 3. The Morgan fingerprint density at radius 1 is 1.14 bits per heavy atom. The zero-order valence-electron chi connectivity index (χ0n) is 19.3. The van der Waals surface area contributed by atoms with Crippen molar-refractivity contribution in [3.63, 3.8) is 0 Å². The van der Waals surface area contributed by atoms with Crippen LogP contribution in [0, 0.1) is 13.8 Å². The lowest BCUT2D eigenvalue weighted by Gasteiger charge is -2.15. The molecule has 35 heavy (non-hydrogen) atoms. The predicted molar refractivity (Wildman–Crippen MR) is 138 cm³/mol. The Kier molecular flexibility index (Phi) is 6.31. The van der Waals surface area contributed by atoms with Gasteiger partial charge >= 0.3 is 0 Å². The van der Waals surface area contributed by atoms with E-state index in [1.807, 2.05) is 49.4 Å². The molecule has 1 atom stereocenters. The standard InChI is InChI=1S/C25H22N4O4S2/c1-14-4-7-19(8-5-14)32-16(3)24(31)27-17-6-9-20-21(11-17)35-25(28-20)34-13-18-12-23(30)29-22(26-18)10-15(2)33-29/h4-12,16H,13H2,1-3H3,(H,27,31)/t16-/m1/s1. The van der Waals surface area contributed by atoms with Crippen LogP contribution in [0.15, 0.2) is 68.3 Å². The van der Waals surface area contributed by atoms with Crippen LogP contribution in [-0.4, -0.2) is 26.6 Å². The highest BCUT2D eigenvalue weighted by Gasteiger charge is 2.16. The number of thioether (sulfide) groups is 1. The molecule has 0 aliphatic heterocycles. The highest BCUT2D eigenvalue weighted by atomic mass is 32.2. The van der Waals surface area contributed by atoms with Crippen LogP contribution in [0.3, 0.4) is 0 Å². The smallest absolute Gasteiger partial charge is 0.287 e. The van der Waals surface area contributed by atoms with Gasteiger partial charge in [0.25, 0.3) is 11.5 Å². The minimum Gasteiger partial charge on any atom is -0.481 e. The Balaban J connectivity index is 1.24. The number of benzene rings is 2. The van der Waals surface area contributed by atoms with E-state index < -0.39 is 6.10 Å². The topological polar surface area (TPSA) is 98.7 Å². The SMILES string of the molecule is Cc1ccc(O[C@H](C)C(=O)Nc2ccc3nc(SCc4cc(=O)n5oc(C)cc5n4)sc3c2)cc1. The van der Waals surface area contributed by atoms with Crippen molar-refractivity contribution in [2.45, 2.75) is 37.0 Å². The second kappa shape index (κ2) is 9.55. The number of anilines is 1. The second-order valence-corrected chi connectivity index (χ2v) is 10.4. The van der Waals surface area contributed by atoms with Crippen LogP contribution in [0.5, 0.6) is 5.75 Å². The average Bonchev–Trinajstić information content (AvgIpc) is 3.41. The first-order valence-electron chi connectivity index (χ1n) is 10.9. The van der Waals surface area contributed by atoms with Gasteiger partial charge in [-0.2, -0.15) is 0 Å². The van der Waals surface area contributed by atoms with Crippen molar-refractivity contribution in [2.24, 2.45) is 0 Å². The normalized spacial score (nSPS) is 12.2. The number of ether oxygens (including phenoxy) is 1. The van der Waals surface area contributed by atoms with Gasteiger partial charge in [-0.05, 0) is 51.1 Å². The zero-order valence-corrected chi connectivity index (χ0v) is 20.9. The Morgan fingerprint density at radius 3 is 2.74 bits per heavy atom. The summed E-state index contributed by atoms with van der Waals surface area (Å²) < 4.78 is 14.1. The van der Waals surface area contributed by atoms with E-state index in [4.69, 9.17) is 9.26 Å². The van der Waals surface area contributed by atoms with Crippen LogP contribution in [0.2, 0.25) is 0 Å². The van der Waals surface area contributed by atoms with Gasteiger partial charge in [0.15, 0.2) is 16.1 Å².